The SMILES string of the molecule is O=C(O)C1(C2CCNC2)CC1. The lowest BCUT2D eigenvalue weighted by Gasteiger charge is -2.16. The van der Waals surface area contributed by atoms with Gasteiger partial charge in [-0.2, -0.15) is 0 Å². The van der Waals surface area contributed by atoms with Gasteiger partial charge in [0, 0.05) is 0 Å². The minimum Gasteiger partial charge on any atom is -0.481 e. The second kappa shape index (κ2) is 2.21. The molecule has 0 spiro atoms. The Bertz CT molecular complexity index is 181. The van der Waals surface area contributed by atoms with E-state index in [9.17, 15) is 4.79 Å². The monoisotopic (exact) mass is 155 g/mol. The normalized spacial score (nSPS) is 33.6. The molecule has 2 aliphatic rings. The summed E-state index contributed by atoms with van der Waals surface area (Å²) in [5.41, 5.74) is -0.316. The van der Waals surface area contributed by atoms with Crippen LogP contribution in [0.15, 0.2) is 0 Å². The first kappa shape index (κ1) is 7.10. The molecule has 2 N–H and O–H groups in total. The lowest BCUT2D eigenvalue weighted by Crippen LogP contribution is -2.26. The third-order valence-corrected chi connectivity index (χ3v) is 3.06. The molecule has 1 saturated carbocycles. The second-order valence-corrected chi connectivity index (χ2v) is 3.65. The zero-order chi connectivity index (χ0) is 7.90. The van der Waals surface area contributed by atoms with E-state index in [1.165, 1.54) is 0 Å². The number of hydrogen-bond donors (Lipinski definition) is 2. The number of nitrogens with one attached hydrogen (secondary N) is 1. The van der Waals surface area contributed by atoms with Crippen LogP contribution in [0.4, 0.5) is 0 Å². The topological polar surface area (TPSA) is 49.3 Å². The quantitative estimate of drug-likeness (QED) is 0.609. The van der Waals surface area contributed by atoms with Gasteiger partial charge in [-0.25, -0.2) is 0 Å². The molecule has 0 amide bonds. The summed E-state index contributed by atoms with van der Waals surface area (Å²) in [4.78, 5) is 10.8. The third kappa shape index (κ3) is 0.948. The summed E-state index contributed by atoms with van der Waals surface area (Å²) in [6.45, 7) is 1.91. The Balaban J connectivity index is 2.07. The van der Waals surface area contributed by atoms with Gasteiger partial charge in [0.05, 0.1) is 5.41 Å². The maximum absolute atomic E-state index is 10.8. The molecule has 0 aromatic carbocycles. The van der Waals surface area contributed by atoms with Gasteiger partial charge in [-0.1, -0.05) is 0 Å². The van der Waals surface area contributed by atoms with Crippen molar-refractivity contribution in [1.82, 2.24) is 5.32 Å². The fraction of sp³-hybridized carbons (Fsp3) is 0.875. The molecule has 0 aromatic heterocycles. The van der Waals surface area contributed by atoms with Crippen molar-refractivity contribution in [3.05, 3.63) is 0 Å². The molecule has 1 atom stereocenters. The van der Waals surface area contributed by atoms with E-state index in [0.29, 0.717) is 5.92 Å². The number of carbonyl (C=O) groups is 1. The standard InChI is InChI=1S/C8H13NO2/c10-7(11)8(2-3-8)6-1-4-9-5-6/h6,9H,1-5H2,(H,10,11). The minimum absolute atomic E-state index is 0.316. The lowest BCUT2D eigenvalue weighted by atomic mass is 9.88. The van der Waals surface area contributed by atoms with Crippen LogP contribution >= 0.6 is 0 Å². The van der Waals surface area contributed by atoms with Crippen LogP contribution in [0.1, 0.15) is 19.3 Å². The smallest absolute Gasteiger partial charge is 0.309 e. The van der Waals surface area contributed by atoms with E-state index < -0.39 is 5.97 Å². The van der Waals surface area contributed by atoms with E-state index in [4.69, 9.17) is 5.11 Å². The summed E-state index contributed by atoms with van der Waals surface area (Å²) >= 11 is 0. The van der Waals surface area contributed by atoms with Crippen LogP contribution in [0.5, 0.6) is 0 Å². The van der Waals surface area contributed by atoms with E-state index in [-0.39, 0.29) is 5.41 Å². The van der Waals surface area contributed by atoms with Crippen molar-refractivity contribution in [1.29, 1.82) is 0 Å². The first-order chi connectivity index (χ1) is 5.26. The predicted molar refractivity (Wildman–Crippen MR) is 40.3 cm³/mol. The molecular formula is C8H13NO2. The largest absolute Gasteiger partial charge is 0.481 e. The zero-order valence-corrected chi connectivity index (χ0v) is 6.47. The highest BCUT2D eigenvalue weighted by Gasteiger charge is 2.56. The van der Waals surface area contributed by atoms with Crippen LogP contribution in [0, 0.1) is 11.3 Å². The van der Waals surface area contributed by atoms with Crippen molar-refractivity contribution in [2.45, 2.75) is 19.3 Å². The molecule has 2 rings (SSSR count). The molecule has 3 nitrogen and oxygen atoms in total. The number of carboxylic acid groups (broad SMARTS) is 1. The first-order valence-electron chi connectivity index (χ1n) is 4.20. The van der Waals surface area contributed by atoms with Crippen molar-refractivity contribution < 1.29 is 9.90 Å². The van der Waals surface area contributed by atoms with E-state index >= 15 is 0 Å². The number of aliphatic carboxylic acids is 1. The molecule has 3 heteroatoms. The molecule has 0 bridgehead atoms. The van der Waals surface area contributed by atoms with Gasteiger partial charge < -0.3 is 10.4 Å². The maximum Gasteiger partial charge on any atom is 0.309 e. The van der Waals surface area contributed by atoms with Crippen LogP contribution in [0.2, 0.25) is 0 Å². The zero-order valence-electron chi connectivity index (χ0n) is 6.47. The highest BCUT2D eigenvalue weighted by molar-refractivity contribution is 5.78. The van der Waals surface area contributed by atoms with Gasteiger partial charge in [-0.3, -0.25) is 4.79 Å². The van der Waals surface area contributed by atoms with Crippen LogP contribution in [0.25, 0.3) is 0 Å². The summed E-state index contributed by atoms with van der Waals surface area (Å²) in [5.74, 6) is -0.175. The highest BCUT2D eigenvalue weighted by atomic mass is 16.4. The summed E-state index contributed by atoms with van der Waals surface area (Å²) in [7, 11) is 0. The minimum atomic E-state index is -0.578. The second-order valence-electron chi connectivity index (χ2n) is 3.65. The van der Waals surface area contributed by atoms with Gasteiger partial charge in [-0.05, 0) is 38.3 Å². The molecule has 1 saturated heterocycles. The lowest BCUT2D eigenvalue weighted by molar-refractivity contribution is -0.145. The van der Waals surface area contributed by atoms with Crippen molar-refractivity contribution >= 4 is 5.97 Å². The predicted octanol–water partition coefficient (Wildman–Crippen LogP) is 0.461. The van der Waals surface area contributed by atoms with Crippen molar-refractivity contribution in [3.63, 3.8) is 0 Å². The van der Waals surface area contributed by atoms with E-state index in [1.54, 1.807) is 0 Å². The summed E-state index contributed by atoms with van der Waals surface area (Å²) in [6.07, 6.45) is 2.84. The molecule has 11 heavy (non-hydrogen) atoms. The summed E-state index contributed by atoms with van der Waals surface area (Å²) < 4.78 is 0. The van der Waals surface area contributed by atoms with Crippen LogP contribution in [-0.2, 0) is 4.79 Å². The van der Waals surface area contributed by atoms with E-state index in [1.807, 2.05) is 0 Å². The Labute approximate surface area is 65.8 Å². The Hall–Kier alpha value is -0.570. The van der Waals surface area contributed by atoms with E-state index in [0.717, 1.165) is 32.4 Å². The van der Waals surface area contributed by atoms with Gasteiger partial charge in [0.2, 0.25) is 0 Å². The van der Waals surface area contributed by atoms with Crippen LogP contribution in [0.3, 0.4) is 0 Å². The average Bonchev–Trinajstić information content (AvgIpc) is 2.61. The Morgan fingerprint density at radius 3 is 2.64 bits per heavy atom. The van der Waals surface area contributed by atoms with Crippen LogP contribution in [-0.4, -0.2) is 24.2 Å². The van der Waals surface area contributed by atoms with Gasteiger partial charge in [0.1, 0.15) is 0 Å². The maximum atomic E-state index is 10.8. The Morgan fingerprint density at radius 2 is 2.27 bits per heavy atom. The average molecular weight is 155 g/mol. The fourth-order valence-electron chi connectivity index (χ4n) is 2.06. The Morgan fingerprint density at radius 1 is 1.55 bits per heavy atom. The molecular weight excluding hydrogens is 142 g/mol. The third-order valence-electron chi connectivity index (χ3n) is 3.06. The van der Waals surface area contributed by atoms with Crippen molar-refractivity contribution in [2.24, 2.45) is 11.3 Å². The molecule has 2 fully saturated rings. The first-order valence-corrected chi connectivity index (χ1v) is 4.20. The Kier molecular flexibility index (Phi) is 1.42. The van der Waals surface area contributed by atoms with Crippen LogP contribution < -0.4 is 5.32 Å². The molecule has 1 aliphatic carbocycles. The number of carboxylic acids is 1. The van der Waals surface area contributed by atoms with Crippen molar-refractivity contribution in [2.75, 3.05) is 13.1 Å². The fourth-order valence-corrected chi connectivity index (χ4v) is 2.06. The molecule has 62 valence electrons. The van der Waals surface area contributed by atoms with Gasteiger partial charge in [-0.15, -0.1) is 0 Å². The van der Waals surface area contributed by atoms with Crippen molar-refractivity contribution in [3.8, 4) is 0 Å². The molecule has 1 heterocycles. The number of rotatable bonds is 2. The summed E-state index contributed by atoms with van der Waals surface area (Å²) in [5, 5.41) is 12.1. The molecule has 0 aromatic rings. The highest BCUT2D eigenvalue weighted by Crippen LogP contribution is 2.53. The number of hydrogen-bond acceptors (Lipinski definition) is 2. The molecule has 1 unspecified atom stereocenters. The van der Waals surface area contributed by atoms with Gasteiger partial charge in [0.15, 0.2) is 0 Å². The van der Waals surface area contributed by atoms with Gasteiger partial charge in [0.25, 0.3) is 0 Å². The summed E-state index contributed by atoms with van der Waals surface area (Å²) in [6, 6.07) is 0. The molecule has 1 aliphatic heterocycles. The van der Waals surface area contributed by atoms with Gasteiger partial charge >= 0.3 is 5.97 Å². The van der Waals surface area contributed by atoms with E-state index in [2.05, 4.69) is 5.32 Å². The molecule has 0 radical (unpaired) electrons.